The number of amides is 5. The minimum absolute atomic E-state index is 0.124. The summed E-state index contributed by atoms with van der Waals surface area (Å²) in [7, 11) is 0. The number of hydrogen-bond donors (Lipinski definition) is 29. The number of phenols is 24. The first-order valence-electron chi connectivity index (χ1n) is 41.9. The van der Waals surface area contributed by atoms with E-state index in [-0.39, 0.29) is 215 Å². The highest BCUT2D eigenvalue weighted by atomic mass is 16.5. The van der Waals surface area contributed by atoms with E-state index >= 15 is 0 Å². The molecule has 15 aromatic rings. The van der Waals surface area contributed by atoms with Crippen LogP contribution in [-0.2, 0) is 35.4 Å². The summed E-state index contributed by atoms with van der Waals surface area (Å²) in [6.45, 7) is 0.639. The Kier molecular flexibility index (Phi) is 36.3. The molecule has 14 aromatic carbocycles. The lowest BCUT2D eigenvalue weighted by atomic mass is 10.1. The molecule has 0 saturated carbocycles. The first kappa shape index (κ1) is 104. The minimum atomic E-state index is -0.509. The summed E-state index contributed by atoms with van der Waals surface area (Å²) in [4.78, 5) is 63.8. The smallest absolute Gasteiger partial charge is 0.258 e. The minimum Gasteiger partial charge on any atom is -0.504 e. The van der Waals surface area contributed by atoms with Gasteiger partial charge in [-0.3, -0.25) is 24.0 Å². The molecule has 734 valence electrons. The van der Waals surface area contributed by atoms with E-state index in [1.54, 1.807) is 91.0 Å². The van der Waals surface area contributed by atoms with Crippen LogP contribution in [0.3, 0.4) is 0 Å². The molecule has 29 N–H and O–H groups in total. The SMILES string of the molecule is O=C(CCc1ccc(O)c(O)c1)NCCc1ccc(O)c(O)c1.O=C(COc1ccc(O)c(O)c1)NCc1ccc(O)c(O)c1.O=C(NCCc1ccc(O)c(O)c1)c1ccc(O)c(O)c1.O=C(Nc1ccc(Oc2ccc(O)c(O)c2)cc1)c1ccc(O)c(O)c1.O=C(Nc1ccccc1Oc1ccc(O)c(O)c1)c1ccc(O)c(O)c1.Oc1ccc(Oc2cccc(Oc3ccc(O)c(O)c3)n2)cc1O. The van der Waals surface area contributed by atoms with Crippen molar-refractivity contribution < 1.29 is 170 Å². The number of ether oxygens (including phenoxy) is 5. The van der Waals surface area contributed by atoms with E-state index in [0.29, 0.717) is 66.5 Å². The van der Waals surface area contributed by atoms with Gasteiger partial charge in [-0.1, -0.05) is 42.5 Å². The van der Waals surface area contributed by atoms with Crippen LogP contribution in [0, 0.1) is 0 Å². The molecule has 5 amide bonds. The Hall–Kier alpha value is -20.2. The molecular formula is C102H92N6O34. The Labute approximate surface area is 804 Å². The van der Waals surface area contributed by atoms with Gasteiger partial charge in [0.1, 0.15) is 34.5 Å². The maximum absolute atomic E-state index is 12.3. The molecule has 0 aliphatic rings. The Morgan fingerprint density at radius 2 is 0.556 bits per heavy atom. The molecular weight excluding hydrogens is 1850 g/mol. The van der Waals surface area contributed by atoms with Crippen molar-refractivity contribution in [3.05, 3.63) is 324 Å². The maximum atomic E-state index is 12.3. The van der Waals surface area contributed by atoms with Gasteiger partial charge in [0.25, 0.3) is 23.6 Å². The van der Waals surface area contributed by atoms with Crippen molar-refractivity contribution in [2.45, 2.75) is 32.2 Å². The molecule has 0 atom stereocenters. The van der Waals surface area contributed by atoms with Crippen LogP contribution in [0.5, 0.6) is 190 Å². The molecule has 0 saturated heterocycles. The van der Waals surface area contributed by atoms with Gasteiger partial charge in [0.2, 0.25) is 17.7 Å². The van der Waals surface area contributed by atoms with Gasteiger partial charge < -0.3 is 173 Å². The lowest BCUT2D eigenvalue weighted by Crippen LogP contribution is -2.28. The molecule has 15 rings (SSSR count). The topological polar surface area (TPSA) is 690 Å². The molecule has 0 fully saturated rings. The van der Waals surface area contributed by atoms with Crippen LogP contribution >= 0.6 is 0 Å². The lowest BCUT2D eigenvalue weighted by Gasteiger charge is -2.13. The maximum Gasteiger partial charge on any atom is 0.258 e. The third kappa shape index (κ3) is 32.0. The largest absolute Gasteiger partial charge is 0.504 e. The van der Waals surface area contributed by atoms with Gasteiger partial charge >= 0.3 is 0 Å². The summed E-state index contributed by atoms with van der Waals surface area (Å²) in [5.41, 5.74) is 4.39. The number of anilines is 2. The summed E-state index contributed by atoms with van der Waals surface area (Å²) in [5.74, 6) is -5.75. The number of para-hydroxylation sites is 2. The Bertz CT molecular complexity index is 6840. The van der Waals surface area contributed by atoms with Crippen molar-refractivity contribution >= 4 is 40.9 Å². The molecule has 0 aliphatic heterocycles. The summed E-state index contributed by atoms with van der Waals surface area (Å²) in [6.07, 6.45) is 1.74. The highest BCUT2D eigenvalue weighted by Crippen LogP contribution is 2.40. The number of phenolic OH excluding ortho intramolecular Hbond substituents is 24. The van der Waals surface area contributed by atoms with Crippen LogP contribution in [0.25, 0.3) is 0 Å². The first-order chi connectivity index (χ1) is 67.7. The van der Waals surface area contributed by atoms with Gasteiger partial charge in [-0.2, -0.15) is 4.98 Å². The highest BCUT2D eigenvalue weighted by molar-refractivity contribution is 6.06. The van der Waals surface area contributed by atoms with Crippen molar-refractivity contribution in [2.75, 3.05) is 30.3 Å². The van der Waals surface area contributed by atoms with E-state index in [2.05, 4.69) is 31.6 Å². The lowest BCUT2D eigenvalue weighted by molar-refractivity contribution is -0.123. The van der Waals surface area contributed by atoms with Gasteiger partial charge in [-0.25, -0.2) is 0 Å². The molecule has 0 bridgehead atoms. The molecule has 142 heavy (non-hydrogen) atoms. The van der Waals surface area contributed by atoms with Gasteiger partial charge in [0, 0.05) is 90.9 Å². The summed E-state index contributed by atoms with van der Waals surface area (Å²) < 4.78 is 27.3. The molecule has 0 radical (unpaired) electrons. The quantitative estimate of drug-likeness (QED) is 0.0213. The zero-order chi connectivity index (χ0) is 103. The fourth-order valence-electron chi connectivity index (χ4n) is 11.9. The predicted octanol–water partition coefficient (Wildman–Crippen LogP) is 15.1. The van der Waals surface area contributed by atoms with Crippen LogP contribution < -0.4 is 50.3 Å². The molecule has 40 nitrogen and oxygen atoms in total. The Morgan fingerprint density at radius 1 is 0.239 bits per heavy atom. The van der Waals surface area contributed by atoms with Gasteiger partial charge in [0.15, 0.2) is 150 Å². The number of aromatic hydroxyl groups is 24. The third-order valence-corrected chi connectivity index (χ3v) is 19.4. The Morgan fingerprint density at radius 3 is 0.965 bits per heavy atom. The predicted molar refractivity (Wildman–Crippen MR) is 509 cm³/mol. The monoisotopic (exact) mass is 1940 g/mol. The second kappa shape index (κ2) is 49.7. The van der Waals surface area contributed by atoms with Crippen molar-refractivity contribution in [2.24, 2.45) is 0 Å². The van der Waals surface area contributed by atoms with Crippen molar-refractivity contribution in [3.63, 3.8) is 0 Å². The first-order valence-corrected chi connectivity index (χ1v) is 41.9. The van der Waals surface area contributed by atoms with E-state index < -0.39 is 23.5 Å². The highest BCUT2D eigenvalue weighted by Gasteiger charge is 2.19. The van der Waals surface area contributed by atoms with Gasteiger partial charge in [-0.15, -0.1) is 0 Å². The third-order valence-electron chi connectivity index (χ3n) is 19.4. The number of aryl methyl sites for hydroxylation is 1. The van der Waals surface area contributed by atoms with Crippen molar-refractivity contribution in [3.8, 4) is 190 Å². The van der Waals surface area contributed by atoms with Gasteiger partial charge in [-0.05, 0) is 242 Å². The molecule has 40 heteroatoms. The molecule has 0 spiro atoms. The van der Waals surface area contributed by atoms with E-state index in [1.165, 1.54) is 188 Å². The van der Waals surface area contributed by atoms with Gasteiger partial charge in [0.05, 0.1) is 5.69 Å². The number of hydrogen-bond acceptors (Lipinski definition) is 35. The van der Waals surface area contributed by atoms with Crippen LogP contribution in [0.4, 0.5) is 11.4 Å². The fraction of sp³-hybridized carbons (Fsp3) is 0.0784. The molecule has 1 aromatic heterocycles. The van der Waals surface area contributed by atoms with E-state index in [0.717, 1.165) is 22.8 Å². The number of nitrogens with zero attached hydrogens (tertiary/aromatic N) is 1. The zero-order valence-corrected chi connectivity index (χ0v) is 74.1. The number of rotatable bonds is 27. The van der Waals surface area contributed by atoms with E-state index in [1.807, 2.05) is 0 Å². The van der Waals surface area contributed by atoms with Crippen LogP contribution in [0.15, 0.2) is 285 Å². The summed E-state index contributed by atoms with van der Waals surface area (Å²) >= 11 is 0. The van der Waals surface area contributed by atoms with Crippen LogP contribution in [0.1, 0.15) is 59.7 Å². The average Bonchev–Trinajstić information content (AvgIpc) is 0.829. The van der Waals surface area contributed by atoms with Crippen molar-refractivity contribution in [1.82, 2.24) is 20.9 Å². The van der Waals surface area contributed by atoms with Crippen LogP contribution in [-0.4, -0.2) is 177 Å². The standard InChI is InChI=1S/2C19H15NO6.C17H13NO6.C17H19NO5.C15H15NO6.C15H15NO5/c21-15-7-1-11(9-17(15)23)19(25)20-12-2-4-13(5-3-12)26-14-6-8-16(22)18(24)10-14;21-14-7-5-11(9-16(14)23)19(25)20-13-3-1-2-4-18(13)26-12-6-8-15(22)17(24)10-12;19-12-6-4-10(8-14(12)21)23-16-2-1-3-17(18-16)24-11-5-7-13(20)15(22)9-11;19-13-4-1-11(9-15(13)21)3-6-17(23)18-8-7-12-2-5-14(20)16(22)10-12;17-11-3-1-9(5-13(11)19)7-16-15(21)8-22-10-2-4-12(18)14(20)6-10;17-11-3-1-9(7-13(11)19)5-6-16-15(21)10-2-4-12(18)14(20)8-10/h2*1-10,21-24H,(H,20,25);1-9,19-22H;1-2,4-5,9-10,19-22H,3,6-8H2,(H,18,23);1-6,17-20H,7-8H2,(H,16,21);1-4,7-8,17-20H,5-6H2,(H,16,21). The van der Waals surface area contributed by atoms with Crippen molar-refractivity contribution in [1.29, 1.82) is 0 Å². The fourth-order valence-corrected chi connectivity index (χ4v) is 11.9. The molecule has 0 unspecified atom stereocenters. The zero-order valence-electron chi connectivity index (χ0n) is 74.1. The number of carbonyl (C=O) groups excluding carboxylic acids is 5. The summed E-state index contributed by atoms with van der Waals surface area (Å²) in [6, 6.07) is 67.0. The molecule has 1 heterocycles. The van der Waals surface area contributed by atoms with E-state index in [4.69, 9.17) is 28.8 Å². The second-order valence-electron chi connectivity index (χ2n) is 30.0. The normalized spacial score (nSPS) is 10.3. The number of benzene rings is 14. The number of pyridine rings is 1. The van der Waals surface area contributed by atoms with E-state index in [9.17, 15) is 141 Å². The second-order valence-corrected chi connectivity index (χ2v) is 30.0. The summed E-state index contributed by atoms with van der Waals surface area (Å²) in [5, 5.41) is 237. The number of aromatic nitrogens is 1. The average molecular weight is 1950 g/mol. The number of carbonyl (C=O) groups is 5. The van der Waals surface area contributed by atoms with Crippen LogP contribution in [0.2, 0.25) is 0 Å². The molecule has 0 aliphatic carbocycles. The Balaban J connectivity index is 0.000000175. The number of nitrogens with one attached hydrogen (secondary N) is 5.